The number of hydrogen-bond acceptors (Lipinski definition) is 2. The average molecular weight is 269 g/mol. The first-order valence-corrected chi connectivity index (χ1v) is 7.20. The zero-order chi connectivity index (χ0) is 14.9. The van der Waals surface area contributed by atoms with E-state index >= 15 is 0 Å². The van der Waals surface area contributed by atoms with Gasteiger partial charge in [-0.25, -0.2) is 0 Å². The van der Waals surface area contributed by atoms with Crippen molar-refractivity contribution < 1.29 is 4.79 Å². The molecule has 0 atom stereocenters. The van der Waals surface area contributed by atoms with Crippen LogP contribution in [0.3, 0.4) is 0 Å². The zero-order valence-electron chi connectivity index (χ0n) is 13.0. The van der Waals surface area contributed by atoms with Gasteiger partial charge in [-0.15, -0.1) is 0 Å². The SMILES string of the molecule is CC(C)C1=CC(=O)C=C(C(C)C)C1=C1C=CN(C)C=C1. The van der Waals surface area contributed by atoms with Gasteiger partial charge in [0, 0.05) is 19.4 Å². The van der Waals surface area contributed by atoms with Gasteiger partial charge in [-0.3, -0.25) is 4.79 Å². The van der Waals surface area contributed by atoms with Gasteiger partial charge in [0.2, 0.25) is 0 Å². The summed E-state index contributed by atoms with van der Waals surface area (Å²) in [6.45, 7) is 8.58. The lowest BCUT2D eigenvalue weighted by Gasteiger charge is -2.27. The molecule has 0 fully saturated rings. The molecule has 2 aliphatic rings. The van der Waals surface area contributed by atoms with E-state index in [1.165, 1.54) is 11.1 Å². The number of hydrogen-bond donors (Lipinski definition) is 0. The molecule has 0 aromatic rings. The van der Waals surface area contributed by atoms with Gasteiger partial charge in [-0.1, -0.05) is 27.7 Å². The Bertz CT molecular complexity index is 522. The minimum absolute atomic E-state index is 0.114. The number of allylic oxidation sites excluding steroid dienone is 8. The van der Waals surface area contributed by atoms with Crippen LogP contribution in [0.5, 0.6) is 0 Å². The monoisotopic (exact) mass is 269 g/mol. The van der Waals surface area contributed by atoms with E-state index in [0.717, 1.165) is 11.1 Å². The van der Waals surface area contributed by atoms with E-state index < -0.39 is 0 Å². The van der Waals surface area contributed by atoms with Gasteiger partial charge in [0.15, 0.2) is 5.78 Å². The molecular weight excluding hydrogens is 246 g/mol. The molecule has 0 bridgehead atoms. The molecule has 0 saturated carbocycles. The highest BCUT2D eigenvalue weighted by atomic mass is 16.1. The summed E-state index contributed by atoms with van der Waals surface area (Å²) in [6, 6.07) is 0. The summed E-state index contributed by atoms with van der Waals surface area (Å²) < 4.78 is 0. The van der Waals surface area contributed by atoms with Crippen LogP contribution < -0.4 is 0 Å². The Morgan fingerprint density at radius 1 is 0.900 bits per heavy atom. The molecule has 2 heteroatoms. The van der Waals surface area contributed by atoms with E-state index in [1.54, 1.807) is 12.2 Å². The van der Waals surface area contributed by atoms with Crippen LogP contribution in [0, 0.1) is 11.8 Å². The molecule has 2 nitrogen and oxygen atoms in total. The summed E-state index contributed by atoms with van der Waals surface area (Å²) in [4.78, 5) is 14.0. The second kappa shape index (κ2) is 5.66. The minimum atomic E-state index is 0.114. The second-order valence-electron chi connectivity index (χ2n) is 6.04. The van der Waals surface area contributed by atoms with Gasteiger partial charge < -0.3 is 4.90 Å². The maximum absolute atomic E-state index is 12.0. The fourth-order valence-electron chi connectivity index (χ4n) is 2.57. The molecule has 106 valence electrons. The fourth-order valence-corrected chi connectivity index (χ4v) is 2.57. The van der Waals surface area contributed by atoms with Crippen molar-refractivity contribution in [1.29, 1.82) is 0 Å². The second-order valence-corrected chi connectivity index (χ2v) is 6.04. The van der Waals surface area contributed by atoms with Crippen LogP contribution in [0.25, 0.3) is 0 Å². The molecular formula is C18H23NO. The standard InChI is InChI=1S/C18H23NO/c1-12(2)16-10-15(20)11-17(13(3)4)18(16)14-6-8-19(5)9-7-14/h6-13H,1-5H3. The third-order valence-electron chi connectivity index (χ3n) is 3.68. The van der Waals surface area contributed by atoms with E-state index in [4.69, 9.17) is 0 Å². The van der Waals surface area contributed by atoms with Crippen molar-refractivity contribution in [3.63, 3.8) is 0 Å². The van der Waals surface area contributed by atoms with Crippen LogP contribution in [0.4, 0.5) is 0 Å². The maximum Gasteiger partial charge on any atom is 0.179 e. The summed E-state index contributed by atoms with van der Waals surface area (Å²) in [5.41, 5.74) is 4.72. The van der Waals surface area contributed by atoms with Gasteiger partial charge >= 0.3 is 0 Å². The summed E-state index contributed by atoms with van der Waals surface area (Å²) >= 11 is 0. The predicted molar refractivity (Wildman–Crippen MR) is 83.9 cm³/mol. The molecule has 1 heterocycles. The summed E-state index contributed by atoms with van der Waals surface area (Å²) in [5.74, 6) is 0.790. The molecule has 0 spiro atoms. The summed E-state index contributed by atoms with van der Waals surface area (Å²) in [5, 5.41) is 0. The smallest absolute Gasteiger partial charge is 0.179 e. The van der Waals surface area contributed by atoms with Crippen molar-refractivity contribution in [2.45, 2.75) is 27.7 Å². The number of rotatable bonds is 2. The molecule has 0 N–H and O–H groups in total. The Kier molecular flexibility index (Phi) is 4.12. The average Bonchev–Trinajstić information content (AvgIpc) is 2.38. The van der Waals surface area contributed by atoms with Gasteiger partial charge in [-0.2, -0.15) is 0 Å². The van der Waals surface area contributed by atoms with Crippen molar-refractivity contribution in [2.24, 2.45) is 11.8 Å². The number of carbonyl (C=O) groups is 1. The van der Waals surface area contributed by atoms with Crippen LogP contribution in [-0.4, -0.2) is 17.7 Å². The molecule has 0 amide bonds. The Hall–Kier alpha value is -1.83. The molecule has 1 aliphatic carbocycles. The van der Waals surface area contributed by atoms with Gasteiger partial charge in [0.05, 0.1) is 0 Å². The van der Waals surface area contributed by atoms with E-state index in [2.05, 4.69) is 52.2 Å². The van der Waals surface area contributed by atoms with Crippen molar-refractivity contribution in [3.8, 4) is 0 Å². The van der Waals surface area contributed by atoms with E-state index in [0.29, 0.717) is 11.8 Å². The molecule has 2 rings (SSSR count). The first kappa shape index (κ1) is 14.6. The zero-order valence-corrected chi connectivity index (χ0v) is 13.0. The first-order chi connectivity index (χ1) is 9.40. The van der Waals surface area contributed by atoms with Crippen LogP contribution in [-0.2, 0) is 4.79 Å². The van der Waals surface area contributed by atoms with Crippen molar-refractivity contribution in [2.75, 3.05) is 7.05 Å². The van der Waals surface area contributed by atoms with Crippen LogP contribution in [0.15, 0.2) is 59.0 Å². The van der Waals surface area contributed by atoms with Crippen LogP contribution >= 0.6 is 0 Å². The molecule has 20 heavy (non-hydrogen) atoms. The van der Waals surface area contributed by atoms with Gasteiger partial charge in [-0.05, 0) is 58.4 Å². The summed E-state index contributed by atoms with van der Waals surface area (Å²) in [7, 11) is 2.01. The molecule has 0 aromatic heterocycles. The number of nitrogens with zero attached hydrogens (tertiary/aromatic N) is 1. The highest BCUT2D eigenvalue weighted by Gasteiger charge is 2.24. The lowest BCUT2D eigenvalue weighted by molar-refractivity contribution is -0.110. The lowest BCUT2D eigenvalue weighted by atomic mass is 9.78. The van der Waals surface area contributed by atoms with E-state index in [-0.39, 0.29) is 5.78 Å². The Morgan fingerprint density at radius 2 is 1.35 bits per heavy atom. The number of carbonyl (C=O) groups excluding carboxylic acids is 1. The Morgan fingerprint density at radius 3 is 1.75 bits per heavy atom. The molecule has 0 radical (unpaired) electrons. The molecule has 0 saturated heterocycles. The molecule has 1 aliphatic heterocycles. The molecule has 0 aromatic carbocycles. The Balaban J connectivity index is 2.60. The van der Waals surface area contributed by atoms with E-state index in [9.17, 15) is 4.79 Å². The van der Waals surface area contributed by atoms with E-state index in [1.807, 2.05) is 11.9 Å². The maximum atomic E-state index is 12.0. The fraction of sp³-hybridized carbons (Fsp3) is 0.389. The quantitative estimate of drug-likeness (QED) is 0.755. The predicted octanol–water partition coefficient (Wildman–Crippen LogP) is 4.00. The lowest BCUT2D eigenvalue weighted by Crippen LogP contribution is -2.15. The van der Waals surface area contributed by atoms with Crippen LogP contribution in [0.1, 0.15) is 27.7 Å². The third kappa shape index (κ3) is 2.84. The largest absolute Gasteiger partial charge is 0.357 e. The summed E-state index contributed by atoms with van der Waals surface area (Å²) in [6.07, 6.45) is 11.9. The Labute approximate surface area is 121 Å². The van der Waals surface area contributed by atoms with Crippen molar-refractivity contribution >= 4 is 5.78 Å². The van der Waals surface area contributed by atoms with Gasteiger partial charge in [0.1, 0.15) is 0 Å². The van der Waals surface area contributed by atoms with Crippen molar-refractivity contribution in [3.05, 3.63) is 59.0 Å². The topological polar surface area (TPSA) is 20.3 Å². The first-order valence-electron chi connectivity index (χ1n) is 7.20. The molecule has 0 unspecified atom stereocenters. The normalized spacial score (nSPS) is 19.1. The van der Waals surface area contributed by atoms with Crippen molar-refractivity contribution in [1.82, 2.24) is 4.90 Å². The van der Waals surface area contributed by atoms with Crippen LogP contribution in [0.2, 0.25) is 0 Å². The third-order valence-corrected chi connectivity index (χ3v) is 3.68. The highest BCUT2D eigenvalue weighted by Crippen LogP contribution is 2.37. The highest BCUT2D eigenvalue weighted by molar-refractivity contribution is 6.03. The minimum Gasteiger partial charge on any atom is -0.357 e. The van der Waals surface area contributed by atoms with Gasteiger partial charge in [0.25, 0.3) is 0 Å². The number of ketones is 1.